The van der Waals surface area contributed by atoms with Gasteiger partial charge in [0.1, 0.15) is 11.4 Å². The van der Waals surface area contributed by atoms with Crippen LogP contribution in [0.3, 0.4) is 0 Å². The van der Waals surface area contributed by atoms with Gasteiger partial charge < -0.3 is 15.8 Å². The largest absolute Gasteiger partial charge is 0.384 e. The number of nitrogens with zero attached hydrogens (tertiary/aromatic N) is 4. The molecule has 0 aliphatic heterocycles. The second kappa shape index (κ2) is 8.47. The number of Topliss-reactive ketones (excluding diaryl/α,β-unsaturated/α-hetero) is 1. The van der Waals surface area contributed by atoms with Gasteiger partial charge in [0.25, 0.3) is 5.56 Å². The fourth-order valence-corrected chi connectivity index (χ4v) is 4.07. The van der Waals surface area contributed by atoms with Crippen LogP contribution in [0.15, 0.2) is 13.9 Å². The summed E-state index contributed by atoms with van der Waals surface area (Å²) in [6, 6.07) is 0. The quantitative estimate of drug-likeness (QED) is 0.355. The van der Waals surface area contributed by atoms with Crippen molar-refractivity contribution in [1.82, 2.24) is 19.3 Å². The Morgan fingerprint density at radius 3 is 2.69 bits per heavy atom. The highest BCUT2D eigenvalue weighted by Crippen LogP contribution is 2.30. The van der Waals surface area contributed by atoms with Crippen LogP contribution in [0.2, 0.25) is 0 Å². The van der Waals surface area contributed by atoms with Crippen molar-refractivity contribution in [2.45, 2.75) is 16.5 Å². The van der Waals surface area contributed by atoms with Crippen molar-refractivity contribution in [3.63, 3.8) is 0 Å². The third kappa shape index (κ3) is 4.14. The van der Waals surface area contributed by atoms with Crippen LogP contribution in [0.1, 0.15) is 17.3 Å². The number of ether oxygens (including phenoxy) is 1. The number of aromatic nitrogens is 4. The summed E-state index contributed by atoms with van der Waals surface area (Å²) in [7, 11) is 4.32. The Balaban J connectivity index is 2.19. The van der Waals surface area contributed by atoms with E-state index in [9.17, 15) is 14.4 Å². The van der Waals surface area contributed by atoms with Crippen LogP contribution in [-0.4, -0.2) is 50.6 Å². The molecule has 1 atom stereocenters. The van der Waals surface area contributed by atoms with Crippen LogP contribution in [0.25, 0.3) is 0 Å². The van der Waals surface area contributed by atoms with E-state index in [1.165, 1.54) is 37.2 Å². The number of hydrogen-bond donors (Lipinski definition) is 2. The lowest BCUT2D eigenvalue weighted by Crippen LogP contribution is -2.42. The molecular formula is C14H20N6O4S2. The van der Waals surface area contributed by atoms with E-state index in [2.05, 4.69) is 15.5 Å². The molecule has 0 aliphatic rings. The standard InChI is InChI=1S/C14H20N6O4S2/c1-7(25-13-18-17-12(26-13)16-5-6-24-4)9(21)8-10(15)19(2)14(23)20(3)11(8)22/h7H,5-6,15H2,1-4H3,(H,16,17). The molecule has 2 aromatic heterocycles. The van der Waals surface area contributed by atoms with Crippen LogP contribution in [0.4, 0.5) is 10.9 Å². The van der Waals surface area contributed by atoms with Crippen LogP contribution >= 0.6 is 23.1 Å². The Kier molecular flexibility index (Phi) is 6.56. The molecule has 10 nitrogen and oxygen atoms in total. The van der Waals surface area contributed by atoms with Crippen molar-refractivity contribution < 1.29 is 9.53 Å². The zero-order valence-electron chi connectivity index (χ0n) is 14.8. The smallest absolute Gasteiger partial charge is 0.332 e. The zero-order chi connectivity index (χ0) is 19.4. The third-order valence-electron chi connectivity index (χ3n) is 3.59. The van der Waals surface area contributed by atoms with Gasteiger partial charge >= 0.3 is 5.69 Å². The van der Waals surface area contributed by atoms with Gasteiger partial charge in [-0.1, -0.05) is 23.1 Å². The molecule has 1 unspecified atom stereocenters. The number of thioether (sulfide) groups is 1. The first-order chi connectivity index (χ1) is 12.3. The number of nitrogen functional groups attached to an aromatic ring is 1. The maximum absolute atomic E-state index is 12.7. The highest BCUT2D eigenvalue weighted by molar-refractivity contribution is 8.02. The summed E-state index contributed by atoms with van der Waals surface area (Å²) in [6.45, 7) is 2.78. The molecule has 142 valence electrons. The van der Waals surface area contributed by atoms with Gasteiger partial charge in [-0.3, -0.25) is 18.7 Å². The first-order valence-electron chi connectivity index (χ1n) is 7.60. The number of rotatable bonds is 8. The molecule has 0 saturated heterocycles. The number of carbonyl (C=O) groups is 1. The number of hydrogen-bond acceptors (Lipinski definition) is 10. The summed E-state index contributed by atoms with van der Waals surface area (Å²) in [5.74, 6) is -0.609. The summed E-state index contributed by atoms with van der Waals surface area (Å²) in [5, 5.41) is 11.0. The molecule has 2 heterocycles. The first kappa shape index (κ1) is 20.1. The Hall–Kier alpha value is -2.18. The summed E-state index contributed by atoms with van der Waals surface area (Å²) in [5.41, 5.74) is 4.34. The predicted molar refractivity (Wildman–Crippen MR) is 101 cm³/mol. The normalized spacial score (nSPS) is 12.2. The second-order valence-electron chi connectivity index (χ2n) is 5.38. The van der Waals surface area contributed by atoms with Crippen LogP contribution in [-0.2, 0) is 18.8 Å². The minimum atomic E-state index is -0.706. The number of nitrogens with two attached hydrogens (primary N) is 1. The van der Waals surface area contributed by atoms with E-state index in [0.29, 0.717) is 22.6 Å². The van der Waals surface area contributed by atoms with E-state index in [1.54, 1.807) is 14.0 Å². The Bertz CT molecular complexity index is 919. The third-order valence-corrected chi connectivity index (χ3v) is 5.66. The minimum Gasteiger partial charge on any atom is -0.384 e. The number of carbonyl (C=O) groups excluding carboxylic acids is 1. The lowest BCUT2D eigenvalue weighted by Gasteiger charge is -2.13. The van der Waals surface area contributed by atoms with Gasteiger partial charge in [0.05, 0.1) is 11.9 Å². The van der Waals surface area contributed by atoms with Crippen LogP contribution in [0, 0.1) is 0 Å². The molecule has 0 spiro atoms. The average Bonchev–Trinajstić information content (AvgIpc) is 3.05. The van der Waals surface area contributed by atoms with Gasteiger partial charge in [0, 0.05) is 27.7 Å². The van der Waals surface area contributed by atoms with Crippen molar-refractivity contribution in [1.29, 1.82) is 0 Å². The molecule has 0 amide bonds. The highest BCUT2D eigenvalue weighted by Gasteiger charge is 2.26. The van der Waals surface area contributed by atoms with E-state index in [4.69, 9.17) is 10.5 Å². The van der Waals surface area contributed by atoms with Crippen molar-refractivity contribution in [3.8, 4) is 0 Å². The van der Waals surface area contributed by atoms with E-state index < -0.39 is 22.3 Å². The van der Waals surface area contributed by atoms with Crippen molar-refractivity contribution in [2.75, 3.05) is 31.3 Å². The molecule has 0 aliphatic carbocycles. The first-order valence-corrected chi connectivity index (χ1v) is 9.30. The molecular weight excluding hydrogens is 380 g/mol. The zero-order valence-corrected chi connectivity index (χ0v) is 16.4. The number of methoxy groups -OCH3 is 1. The Morgan fingerprint density at radius 1 is 1.35 bits per heavy atom. The number of anilines is 2. The molecule has 0 saturated carbocycles. The lowest BCUT2D eigenvalue weighted by atomic mass is 10.1. The van der Waals surface area contributed by atoms with Gasteiger partial charge in [-0.05, 0) is 6.92 Å². The average molecular weight is 400 g/mol. The van der Waals surface area contributed by atoms with Crippen molar-refractivity contribution in [2.24, 2.45) is 14.1 Å². The summed E-state index contributed by atoms with van der Waals surface area (Å²) < 4.78 is 7.46. The molecule has 0 fully saturated rings. The SMILES string of the molecule is COCCNc1nnc(SC(C)C(=O)c2c(N)n(C)c(=O)n(C)c2=O)s1. The molecule has 0 radical (unpaired) electrons. The molecule has 12 heteroatoms. The minimum absolute atomic E-state index is 0.144. The van der Waals surface area contributed by atoms with E-state index in [0.717, 1.165) is 9.13 Å². The van der Waals surface area contributed by atoms with E-state index >= 15 is 0 Å². The maximum atomic E-state index is 12.7. The molecule has 2 rings (SSSR count). The van der Waals surface area contributed by atoms with Gasteiger partial charge in [-0.15, -0.1) is 10.2 Å². The Morgan fingerprint density at radius 2 is 2.04 bits per heavy atom. The Labute approximate surface area is 157 Å². The van der Waals surface area contributed by atoms with Crippen LogP contribution in [0.5, 0.6) is 0 Å². The summed E-state index contributed by atoms with van der Waals surface area (Å²) in [4.78, 5) is 36.9. The molecule has 0 bridgehead atoms. The van der Waals surface area contributed by atoms with Crippen molar-refractivity contribution in [3.05, 3.63) is 26.4 Å². The summed E-state index contributed by atoms with van der Waals surface area (Å²) >= 11 is 2.47. The second-order valence-corrected chi connectivity index (χ2v) is 7.95. The highest BCUT2D eigenvalue weighted by atomic mass is 32.2. The summed E-state index contributed by atoms with van der Waals surface area (Å²) in [6.07, 6.45) is 0. The predicted octanol–water partition coefficient (Wildman–Crippen LogP) is -0.0605. The fourth-order valence-electron chi connectivity index (χ4n) is 2.09. The van der Waals surface area contributed by atoms with Gasteiger partial charge in [-0.2, -0.15) is 0 Å². The van der Waals surface area contributed by atoms with Crippen molar-refractivity contribution >= 4 is 39.8 Å². The maximum Gasteiger partial charge on any atom is 0.332 e. The molecule has 3 N–H and O–H groups in total. The van der Waals surface area contributed by atoms with Crippen LogP contribution < -0.4 is 22.3 Å². The molecule has 26 heavy (non-hydrogen) atoms. The molecule has 0 aromatic carbocycles. The van der Waals surface area contributed by atoms with Gasteiger partial charge in [-0.25, -0.2) is 4.79 Å². The van der Waals surface area contributed by atoms with E-state index in [-0.39, 0.29) is 11.4 Å². The van der Waals surface area contributed by atoms with E-state index in [1.807, 2.05) is 0 Å². The fraction of sp³-hybridized carbons (Fsp3) is 0.500. The monoisotopic (exact) mass is 400 g/mol. The topological polar surface area (TPSA) is 134 Å². The molecule has 2 aromatic rings. The van der Waals surface area contributed by atoms with Gasteiger partial charge in [0.2, 0.25) is 5.13 Å². The number of ketones is 1. The number of nitrogens with one attached hydrogen (secondary N) is 1. The van der Waals surface area contributed by atoms with Gasteiger partial charge in [0.15, 0.2) is 10.1 Å². The lowest BCUT2D eigenvalue weighted by molar-refractivity contribution is 0.0992.